The summed E-state index contributed by atoms with van der Waals surface area (Å²) in [5.74, 6) is 0. The van der Waals surface area contributed by atoms with Crippen molar-refractivity contribution < 1.29 is 4.92 Å². The molecule has 0 aliphatic heterocycles. The molecule has 1 atom stereocenters. The molecule has 0 spiro atoms. The molecule has 6 heteroatoms. The van der Waals surface area contributed by atoms with Crippen molar-refractivity contribution in [3.63, 3.8) is 0 Å². The highest BCUT2D eigenvalue weighted by atomic mass is 32.1. The van der Waals surface area contributed by atoms with E-state index < -0.39 is 0 Å². The van der Waals surface area contributed by atoms with E-state index in [1.807, 2.05) is 19.2 Å². The summed E-state index contributed by atoms with van der Waals surface area (Å²) in [4.78, 5) is 14.9. The zero-order valence-corrected chi connectivity index (χ0v) is 10.9. The van der Waals surface area contributed by atoms with E-state index in [4.69, 9.17) is 0 Å². The van der Waals surface area contributed by atoms with E-state index in [-0.39, 0.29) is 16.7 Å². The van der Waals surface area contributed by atoms with Gasteiger partial charge in [0.15, 0.2) is 0 Å². The highest BCUT2D eigenvalue weighted by Crippen LogP contribution is 2.27. The van der Waals surface area contributed by atoms with Crippen LogP contribution in [0.4, 0.5) is 11.4 Å². The number of nitro benzene ring substituents is 1. The third-order valence-corrected chi connectivity index (χ3v) is 3.34. The van der Waals surface area contributed by atoms with Crippen LogP contribution in [-0.2, 0) is 0 Å². The van der Waals surface area contributed by atoms with Gasteiger partial charge in [0, 0.05) is 11.4 Å². The Morgan fingerprint density at radius 1 is 1.44 bits per heavy atom. The lowest BCUT2D eigenvalue weighted by atomic mass is 10.2. The molecule has 1 unspecified atom stereocenters. The Morgan fingerprint density at radius 3 is 2.78 bits per heavy atom. The topological polar surface area (TPSA) is 68.1 Å². The number of aromatic nitrogens is 1. The molecule has 1 aromatic carbocycles. The number of para-hydroxylation sites is 2. The maximum atomic E-state index is 10.9. The Bertz CT molecular complexity index is 568. The number of benzene rings is 1. The average molecular weight is 263 g/mol. The maximum absolute atomic E-state index is 10.9. The summed E-state index contributed by atoms with van der Waals surface area (Å²) < 4.78 is 0. The van der Waals surface area contributed by atoms with Gasteiger partial charge in [-0.25, -0.2) is 4.98 Å². The van der Waals surface area contributed by atoms with Gasteiger partial charge in [-0.15, -0.1) is 11.3 Å². The molecule has 2 rings (SSSR count). The van der Waals surface area contributed by atoms with Crippen LogP contribution in [0, 0.1) is 17.0 Å². The minimum atomic E-state index is -0.388. The molecule has 5 nitrogen and oxygen atoms in total. The van der Waals surface area contributed by atoms with Crippen LogP contribution in [0.1, 0.15) is 23.7 Å². The molecule has 0 bridgehead atoms. The van der Waals surface area contributed by atoms with Crippen LogP contribution in [0.5, 0.6) is 0 Å². The quantitative estimate of drug-likeness (QED) is 0.676. The molecule has 94 valence electrons. The van der Waals surface area contributed by atoms with E-state index in [1.54, 1.807) is 29.5 Å². The summed E-state index contributed by atoms with van der Waals surface area (Å²) in [5.41, 5.74) is 1.49. The average Bonchev–Trinajstić information content (AvgIpc) is 2.76. The van der Waals surface area contributed by atoms with Crippen LogP contribution >= 0.6 is 11.3 Å². The highest BCUT2D eigenvalue weighted by Gasteiger charge is 2.16. The predicted octanol–water partition coefficient (Wildman–Crippen LogP) is 3.53. The Kier molecular flexibility index (Phi) is 3.57. The second-order valence-electron chi connectivity index (χ2n) is 3.93. The minimum absolute atomic E-state index is 0.0592. The van der Waals surface area contributed by atoms with Gasteiger partial charge < -0.3 is 5.32 Å². The van der Waals surface area contributed by atoms with Gasteiger partial charge in [0.2, 0.25) is 0 Å². The lowest BCUT2D eigenvalue weighted by Crippen LogP contribution is -2.08. The molecule has 1 aromatic heterocycles. The van der Waals surface area contributed by atoms with Gasteiger partial charge in [-0.2, -0.15) is 0 Å². The summed E-state index contributed by atoms with van der Waals surface area (Å²) in [6.07, 6.45) is 0. The normalized spacial score (nSPS) is 12.1. The van der Waals surface area contributed by atoms with Crippen LogP contribution < -0.4 is 5.32 Å². The zero-order chi connectivity index (χ0) is 13.1. The summed E-state index contributed by atoms with van der Waals surface area (Å²) in [5, 5.41) is 17.0. The second-order valence-corrected chi connectivity index (χ2v) is 4.99. The summed E-state index contributed by atoms with van der Waals surface area (Å²) in [7, 11) is 0. The van der Waals surface area contributed by atoms with Crippen molar-refractivity contribution in [1.29, 1.82) is 0 Å². The van der Waals surface area contributed by atoms with Crippen molar-refractivity contribution in [2.24, 2.45) is 0 Å². The Labute approximate surface area is 109 Å². The van der Waals surface area contributed by atoms with Gasteiger partial charge in [-0.3, -0.25) is 10.1 Å². The fourth-order valence-electron chi connectivity index (χ4n) is 1.64. The van der Waals surface area contributed by atoms with Crippen molar-refractivity contribution in [1.82, 2.24) is 4.98 Å². The first-order chi connectivity index (χ1) is 8.58. The molecule has 1 N–H and O–H groups in total. The number of hydrogen-bond donors (Lipinski definition) is 1. The first-order valence-corrected chi connectivity index (χ1v) is 6.38. The fraction of sp³-hybridized carbons (Fsp3) is 0.250. The van der Waals surface area contributed by atoms with Crippen LogP contribution in [0.15, 0.2) is 29.6 Å². The number of hydrogen-bond acceptors (Lipinski definition) is 5. The Morgan fingerprint density at radius 2 is 2.17 bits per heavy atom. The number of nitro groups is 1. The molecule has 1 heterocycles. The highest BCUT2D eigenvalue weighted by molar-refractivity contribution is 7.09. The monoisotopic (exact) mass is 263 g/mol. The molecule has 0 saturated heterocycles. The fourth-order valence-corrected chi connectivity index (χ4v) is 2.35. The second kappa shape index (κ2) is 5.14. The van der Waals surface area contributed by atoms with Gasteiger partial charge in [0.25, 0.3) is 5.69 Å². The number of nitrogens with one attached hydrogen (secondary N) is 1. The van der Waals surface area contributed by atoms with E-state index in [0.717, 1.165) is 10.7 Å². The van der Waals surface area contributed by atoms with Crippen molar-refractivity contribution in [3.8, 4) is 0 Å². The largest absolute Gasteiger partial charge is 0.371 e. The van der Waals surface area contributed by atoms with Gasteiger partial charge in [0.1, 0.15) is 5.69 Å². The van der Waals surface area contributed by atoms with E-state index in [0.29, 0.717) is 5.69 Å². The lowest BCUT2D eigenvalue weighted by Gasteiger charge is -2.12. The van der Waals surface area contributed by atoms with Crippen LogP contribution in [0.2, 0.25) is 0 Å². The lowest BCUT2D eigenvalue weighted by molar-refractivity contribution is -0.384. The smallest absolute Gasteiger partial charge is 0.292 e. The molecular weight excluding hydrogens is 250 g/mol. The SMILES string of the molecule is Cc1nc(C(C)Nc2ccccc2[N+](=O)[O-])cs1. The zero-order valence-electron chi connectivity index (χ0n) is 10.1. The molecular formula is C12H13N3O2S. The molecule has 2 aromatic rings. The standard InChI is InChI=1S/C12H13N3O2S/c1-8(11-7-18-9(2)14-11)13-10-5-3-4-6-12(10)15(16)17/h3-8,13H,1-2H3. The molecule has 18 heavy (non-hydrogen) atoms. The third-order valence-electron chi connectivity index (χ3n) is 2.55. The van der Waals surface area contributed by atoms with E-state index in [1.165, 1.54) is 6.07 Å². The van der Waals surface area contributed by atoms with Crippen molar-refractivity contribution in [3.05, 3.63) is 50.5 Å². The molecule has 0 saturated carbocycles. The molecule has 0 aliphatic carbocycles. The summed E-state index contributed by atoms with van der Waals surface area (Å²) >= 11 is 1.57. The van der Waals surface area contributed by atoms with Gasteiger partial charge in [-0.1, -0.05) is 12.1 Å². The molecule has 0 amide bonds. The van der Waals surface area contributed by atoms with Gasteiger partial charge in [-0.05, 0) is 19.9 Å². The first kappa shape index (κ1) is 12.5. The maximum Gasteiger partial charge on any atom is 0.292 e. The molecule has 0 fully saturated rings. The van der Waals surface area contributed by atoms with E-state index >= 15 is 0 Å². The van der Waals surface area contributed by atoms with Crippen LogP contribution in [0.3, 0.4) is 0 Å². The van der Waals surface area contributed by atoms with Crippen molar-refractivity contribution in [2.45, 2.75) is 19.9 Å². The van der Waals surface area contributed by atoms with Gasteiger partial charge >= 0.3 is 0 Å². The van der Waals surface area contributed by atoms with E-state index in [2.05, 4.69) is 10.3 Å². The summed E-state index contributed by atoms with van der Waals surface area (Å²) in [6, 6.07) is 6.56. The van der Waals surface area contributed by atoms with Gasteiger partial charge in [0.05, 0.1) is 21.7 Å². The first-order valence-electron chi connectivity index (χ1n) is 5.50. The number of anilines is 1. The Hall–Kier alpha value is -1.95. The number of aryl methyl sites for hydroxylation is 1. The summed E-state index contributed by atoms with van der Waals surface area (Å²) in [6.45, 7) is 3.87. The number of nitrogens with zero attached hydrogens (tertiary/aromatic N) is 2. The van der Waals surface area contributed by atoms with Crippen molar-refractivity contribution in [2.75, 3.05) is 5.32 Å². The number of thiazole rings is 1. The number of rotatable bonds is 4. The van der Waals surface area contributed by atoms with Crippen molar-refractivity contribution >= 4 is 22.7 Å². The van der Waals surface area contributed by atoms with E-state index in [9.17, 15) is 10.1 Å². The predicted molar refractivity (Wildman–Crippen MR) is 72.0 cm³/mol. The van der Waals surface area contributed by atoms with Crippen LogP contribution in [-0.4, -0.2) is 9.91 Å². The Balaban J connectivity index is 2.21. The van der Waals surface area contributed by atoms with Crippen LogP contribution in [0.25, 0.3) is 0 Å². The molecule has 0 radical (unpaired) electrons. The molecule has 0 aliphatic rings. The minimum Gasteiger partial charge on any atom is -0.371 e. The third kappa shape index (κ3) is 2.65.